The van der Waals surface area contributed by atoms with Gasteiger partial charge in [0.1, 0.15) is 13.2 Å². The lowest BCUT2D eigenvalue weighted by atomic mass is 10.1. The summed E-state index contributed by atoms with van der Waals surface area (Å²) in [5.74, 6) is -0.951. The first kappa shape index (κ1) is 76.0. The van der Waals surface area contributed by atoms with Crippen LogP contribution in [0.2, 0.25) is 0 Å². The van der Waals surface area contributed by atoms with Crippen molar-refractivity contribution in [2.75, 3.05) is 13.2 Å². The van der Waals surface area contributed by atoms with Crippen LogP contribution in [0.1, 0.15) is 278 Å². The predicted molar refractivity (Wildman–Crippen MR) is 352 cm³/mol. The van der Waals surface area contributed by atoms with Gasteiger partial charge < -0.3 is 14.2 Å². The first-order valence-electron chi connectivity index (χ1n) is 33.0. The molecule has 0 radical (unpaired) electrons. The molecule has 81 heavy (non-hydrogen) atoms. The van der Waals surface area contributed by atoms with E-state index in [4.69, 9.17) is 14.2 Å². The monoisotopic (exact) mass is 1120 g/mol. The second-order valence-corrected chi connectivity index (χ2v) is 21.3. The van der Waals surface area contributed by atoms with Crippen molar-refractivity contribution in [3.63, 3.8) is 0 Å². The molecule has 0 spiro atoms. The van der Waals surface area contributed by atoms with Crippen molar-refractivity contribution in [2.45, 2.75) is 284 Å². The van der Waals surface area contributed by atoms with Crippen molar-refractivity contribution in [3.8, 4) is 0 Å². The lowest BCUT2D eigenvalue weighted by Crippen LogP contribution is -2.30. The molecule has 0 fully saturated rings. The Bertz CT molecular complexity index is 1810. The van der Waals surface area contributed by atoms with Crippen molar-refractivity contribution in [1.29, 1.82) is 0 Å². The summed E-state index contributed by atoms with van der Waals surface area (Å²) in [6.07, 6.45) is 98.1. The SMILES string of the molecule is CC/C=C\C/C=C\C/C=C\C/C=C\C/C=C\C/C=C\C/C=C\C/C=C\CCCCCCC(=O)OCC(COC(=O)CCCCCCC/C=C\CCCCCCCC)OC(=O)CCCCCCCC/C=C\C/C=C\C/C=C\C/C=C\CC. The summed E-state index contributed by atoms with van der Waals surface area (Å²) in [6, 6.07) is 0. The lowest BCUT2D eigenvalue weighted by molar-refractivity contribution is -0.167. The Balaban J connectivity index is 4.46. The Morgan fingerprint density at radius 2 is 0.481 bits per heavy atom. The van der Waals surface area contributed by atoms with Crippen LogP contribution in [0.4, 0.5) is 0 Å². The summed E-state index contributed by atoms with van der Waals surface area (Å²) >= 11 is 0. The molecule has 0 rings (SSSR count). The van der Waals surface area contributed by atoms with Gasteiger partial charge in [0.2, 0.25) is 0 Å². The van der Waals surface area contributed by atoms with Crippen LogP contribution in [0.5, 0.6) is 0 Å². The first-order valence-corrected chi connectivity index (χ1v) is 33.0. The van der Waals surface area contributed by atoms with Gasteiger partial charge in [-0.15, -0.1) is 0 Å². The molecule has 0 aliphatic carbocycles. The van der Waals surface area contributed by atoms with E-state index in [-0.39, 0.29) is 31.1 Å². The van der Waals surface area contributed by atoms with Gasteiger partial charge in [-0.2, -0.15) is 0 Å². The second kappa shape index (κ2) is 67.5. The number of unbranched alkanes of at least 4 members (excludes halogenated alkanes) is 21. The fourth-order valence-electron chi connectivity index (χ4n) is 8.62. The number of carbonyl (C=O) groups excluding carboxylic acids is 3. The number of allylic oxidation sites excluding steroid dienone is 26. The van der Waals surface area contributed by atoms with E-state index < -0.39 is 6.10 Å². The quantitative estimate of drug-likeness (QED) is 0.0261. The number of esters is 3. The van der Waals surface area contributed by atoms with Gasteiger partial charge in [-0.3, -0.25) is 14.4 Å². The van der Waals surface area contributed by atoms with Gasteiger partial charge in [0.05, 0.1) is 0 Å². The van der Waals surface area contributed by atoms with Gasteiger partial charge in [0.25, 0.3) is 0 Å². The van der Waals surface area contributed by atoms with Gasteiger partial charge in [-0.25, -0.2) is 0 Å². The maximum absolute atomic E-state index is 12.9. The molecule has 0 heterocycles. The highest BCUT2D eigenvalue weighted by Gasteiger charge is 2.19. The van der Waals surface area contributed by atoms with Gasteiger partial charge >= 0.3 is 17.9 Å². The van der Waals surface area contributed by atoms with E-state index in [1.54, 1.807) is 0 Å². The molecule has 0 aliphatic rings. The topological polar surface area (TPSA) is 78.9 Å². The molecule has 1 atom stereocenters. The summed E-state index contributed by atoms with van der Waals surface area (Å²) in [6.45, 7) is 6.37. The van der Waals surface area contributed by atoms with E-state index >= 15 is 0 Å². The van der Waals surface area contributed by atoms with Crippen LogP contribution < -0.4 is 0 Å². The average molecular weight is 1120 g/mol. The van der Waals surface area contributed by atoms with Crippen molar-refractivity contribution in [1.82, 2.24) is 0 Å². The maximum atomic E-state index is 12.9. The molecule has 6 heteroatoms. The Morgan fingerprint density at radius 3 is 0.765 bits per heavy atom. The van der Waals surface area contributed by atoms with E-state index in [1.807, 2.05) is 0 Å². The second-order valence-electron chi connectivity index (χ2n) is 21.3. The normalized spacial score (nSPS) is 13.2. The van der Waals surface area contributed by atoms with Gasteiger partial charge in [-0.1, -0.05) is 269 Å². The molecule has 0 aromatic heterocycles. The van der Waals surface area contributed by atoms with E-state index in [1.165, 1.54) is 64.2 Å². The van der Waals surface area contributed by atoms with Gasteiger partial charge in [0, 0.05) is 19.3 Å². The summed E-state index contributed by atoms with van der Waals surface area (Å²) in [5.41, 5.74) is 0. The van der Waals surface area contributed by atoms with Gasteiger partial charge in [0.15, 0.2) is 6.10 Å². The molecule has 0 aromatic rings. The van der Waals surface area contributed by atoms with E-state index in [0.717, 1.165) is 173 Å². The molecule has 0 N–H and O–H groups in total. The summed E-state index contributed by atoms with van der Waals surface area (Å²) in [4.78, 5) is 38.4. The molecular weight excluding hydrogens is 997 g/mol. The molecule has 0 saturated heterocycles. The number of carbonyl (C=O) groups is 3. The molecule has 0 saturated carbocycles. The zero-order valence-electron chi connectivity index (χ0n) is 52.2. The molecule has 0 bridgehead atoms. The minimum Gasteiger partial charge on any atom is -0.462 e. The molecule has 6 nitrogen and oxygen atoms in total. The molecule has 456 valence electrons. The molecule has 0 aliphatic heterocycles. The molecule has 0 amide bonds. The van der Waals surface area contributed by atoms with Crippen LogP contribution in [-0.4, -0.2) is 37.2 Å². The molecule has 1 unspecified atom stereocenters. The van der Waals surface area contributed by atoms with Crippen molar-refractivity contribution < 1.29 is 28.6 Å². The van der Waals surface area contributed by atoms with Crippen LogP contribution in [0.15, 0.2) is 158 Å². The minimum absolute atomic E-state index is 0.102. The summed E-state index contributed by atoms with van der Waals surface area (Å²) in [7, 11) is 0. The number of hydrogen-bond acceptors (Lipinski definition) is 6. The molecule has 0 aromatic carbocycles. The standard InChI is InChI=1S/C75H120O6/c1-4-7-10-13-16-19-22-25-28-30-32-33-34-35-36-37-38-39-40-41-43-44-47-50-53-56-59-62-65-68-74(77)80-71-72(70-79-73(76)67-64-61-58-55-52-49-46-27-24-21-18-15-12-9-6-3)81-75(78)69-66-63-60-57-54-51-48-45-42-31-29-26-23-20-17-14-11-8-5-2/h7-8,10-11,16-17,19-20,25-29,32-33,35-36,38-39,41-43,45-47,50,72H,4-6,9,12-15,18,21-24,30-31,34,37,40,44,48-49,51-71H2,1-3H3/b10-7-,11-8-,19-16-,20-17-,28-25-,29-26-,33-32-,36-35-,39-38-,43-41-,45-42-,46-27-,50-47-. The van der Waals surface area contributed by atoms with Crippen LogP contribution in [0.3, 0.4) is 0 Å². The average Bonchev–Trinajstić information content (AvgIpc) is 3.47. The minimum atomic E-state index is -0.809. The fourth-order valence-corrected chi connectivity index (χ4v) is 8.62. The van der Waals surface area contributed by atoms with Crippen molar-refractivity contribution in [3.05, 3.63) is 158 Å². The smallest absolute Gasteiger partial charge is 0.306 e. The fraction of sp³-hybridized carbons (Fsp3) is 0.613. The van der Waals surface area contributed by atoms with Gasteiger partial charge in [-0.05, 0) is 148 Å². The van der Waals surface area contributed by atoms with Crippen LogP contribution in [-0.2, 0) is 28.6 Å². The Labute approximate surface area is 499 Å². The van der Waals surface area contributed by atoms with Crippen molar-refractivity contribution >= 4 is 17.9 Å². The summed E-state index contributed by atoms with van der Waals surface area (Å²) in [5, 5.41) is 0. The lowest BCUT2D eigenvalue weighted by Gasteiger charge is -2.18. The largest absolute Gasteiger partial charge is 0.462 e. The predicted octanol–water partition coefficient (Wildman–Crippen LogP) is 22.9. The number of hydrogen-bond donors (Lipinski definition) is 0. The molecular formula is C75H120O6. The van der Waals surface area contributed by atoms with Crippen LogP contribution in [0, 0.1) is 0 Å². The third-order valence-electron chi connectivity index (χ3n) is 13.5. The van der Waals surface area contributed by atoms with E-state index in [0.29, 0.717) is 19.3 Å². The van der Waals surface area contributed by atoms with E-state index in [9.17, 15) is 14.4 Å². The Kier molecular flexibility index (Phi) is 63.4. The first-order chi connectivity index (χ1) is 40.0. The highest BCUT2D eigenvalue weighted by atomic mass is 16.6. The van der Waals surface area contributed by atoms with Crippen molar-refractivity contribution in [2.24, 2.45) is 0 Å². The maximum Gasteiger partial charge on any atom is 0.306 e. The zero-order valence-corrected chi connectivity index (χ0v) is 52.2. The van der Waals surface area contributed by atoms with Crippen LogP contribution >= 0.6 is 0 Å². The Morgan fingerprint density at radius 1 is 0.259 bits per heavy atom. The third-order valence-corrected chi connectivity index (χ3v) is 13.5. The van der Waals surface area contributed by atoms with Crippen LogP contribution in [0.25, 0.3) is 0 Å². The number of rotatable bonds is 58. The number of ether oxygens (including phenoxy) is 3. The highest BCUT2D eigenvalue weighted by molar-refractivity contribution is 5.71. The summed E-state index contributed by atoms with van der Waals surface area (Å²) < 4.78 is 16.9. The van der Waals surface area contributed by atoms with E-state index in [2.05, 4.69) is 179 Å². The highest BCUT2D eigenvalue weighted by Crippen LogP contribution is 2.14. The third kappa shape index (κ3) is 65.7. The Hall–Kier alpha value is -4.97. The zero-order chi connectivity index (χ0) is 58.5.